The van der Waals surface area contributed by atoms with Crippen LogP contribution in [-0.2, 0) is 0 Å². The summed E-state index contributed by atoms with van der Waals surface area (Å²) in [4.78, 5) is 0. The maximum absolute atomic E-state index is 13.2. The summed E-state index contributed by atoms with van der Waals surface area (Å²) in [5, 5.41) is 8.57. The fraction of sp³-hybridized carbons (Fsp3) is 0.364. The van der Waals surface area contributed by atoms with Crippen molar-refractivity contribution in [2.75, 3.05) is 7.11 Å². The van der Waals surface area contributed by atoms with E-state index in [1.54, 1.807) is 13.0 Å². The third-order valence-corrected chi connectivity index (χ3v) is 1.61. The van der Waals surface area contributed by atoms with Gasteiger partial charge in [0.05, 0.1) is 12.7 Å². The summed E-state index contributed by atoms with van der Waals surface area (Å²) >= 11 is 0. The zero-order chi connectivity index (χ0) is 11.1. The van der Waals surface area contributed by atoms with Gasteiger partial charge in [0.2, 0.25) is 0 Å². The Balaban J connectivity index is 0.000000791. The molecule has 0 amide bonds. The minimum absolute atomic E-state index is 0.0255. The van der Waals surface area contributed by atoms with Crippen LogP contribution in [0.1, 0.15) is 25.0 Å². The lowest BCUT2D eigenvalue weighted by Gasteiger charge is -2.05. The molecule has 0 unspecified atom stereocenters. The number of hydrogen-bond acceptors (Lipinski definition) is 2. The predicted molar refractivity (Wildman–Crippen MR) is 53.8 cm³/mol. The van der Waals surface area contributed by atoms with E-state index in [4.69, 9.17) is 10.00 Å². The Hall–Kier alpha value is -1.56. The molecule has 0 radical (unpaired) electrons. The predicted octanol–water partition coefficient (Wildman–Crippen LogP) is 3.04. The van der Waals surface area contributed by atoms with Crippen LogP contribution in [0.25, 0.3) is 0 Å². The molecule has 0 bridgehead atoms. The van der Waals surface area contributed by atoms with Crippen molar-refractivity contribution in [3.63, 3.8) is 0 Å². The molecule has 0 aromatic heterocycles. The Morgan fingerprint density at radius 3 is 2.36 bits per heavy atom. The number of ether oxygens (including phenoxy) is 1. The van der Waals surface area contributed by atoms with Gasteiger partial charge in [-0.2, -0.15) is 5.26 Å². The molecule has 1 aromatic rings. The zero-order valence-electron chi connectivity index (χ0n) is 8.89. The third-order valence-electron chi connectivity index (χ3n) is 1.61. The van der Waals surface area contributed by atoms with Crippen LogP contribution in [0.5, 0.6) is 5.75 Å². The topological polar surface area (TPSA) is 33.0 Å². The maximum Gasteiger partial charge on any atom is 0.172 e. The first-order valence-electron chi connectivity index (χ1n) is 4.44. The Kier molecular flexibility index (Phi) is 5.31. The molecule has 0 aliphatic heterocycles. The second-order valence-corrected chi connectivity index (χ2v) is 2.39. The maximum atomic E-state index is 13.2. The van der Waals surface area contributed by atoms with Gasteiger partial charge in [0.25, 0.3) is 0 Å². The van der Waals surface area contributed by atoms with Crippen molar-refractivity contribution in [1.29, 1.82) is 5.26 Å². The van der Waals surface area contributed by atoms with Crippen molar-refractivity contribution in [3.05, 3.63) is 29.1 Å². The van der Waals surface area contributed by atoms with Crippen molar-refractivity contribution in [3.8, 4) is 11.8 Å². The number of aryl methyl sites for hydroxylation is 1. The van der Waals surface area contributed by atoms with E-state index in [0.717, 1.165) is 0 Å². The summed E-state index contributed by atoms with van der Waals surface area (Å²) in [5.74, 6) is -0.436. The quantitative estimate of drug-likeness (QED) is 0.690. The van der Waals surface area contributed by atoms with Crippen LogP contribution in [0.15, 0.2) is 12.1 Å². The lowest BCUT2D eigenvalue weighted by Crippen LogP contribution is -1.94. The van der Waals surface area contributed by atoms with Gasteiger partial charge in [-0.25, -0.2) is 4.39 Å². The fourth-order valence-electron chi connectivity index (χ4n) is 0.942. The molecule has 0 N–H and O–H groups in total. The minimum atomic E-state index is -0.462. The van der Waals surface area contributed by atoms with Crippen molar-refractivity contribution in [2.45, 2.75) is 20.8 Å². The SMILES string of the molecule is CC.COc1c(C#N)ccc(C)c1F. The summed E-state index contributed by atoms with van der Waals surface area (Å²) < 4.78 is 17.9. The van der Waals surface area contributed by atoms with Gasteiger partial charge in [-0.3, -0.25) is 0 Å². The summed E-state index contributed by atoms with van der Waals surface area (Å²) in [6, 6.07) is 4.94. The Labute approximate surface area is 83.9 Å². The average molecular weight is 195 g/mol. The highest BCUT2D eigenvalue weighted by Crippen LogP contribution is 2.24. The molecule has 1 aromatic carbocycles. The van der Waals surface area contributed by atoms with Crippen LogP contribution in [-0.4, -0.2) is 7.11 Å². The van der Waals surface area contributed by atoms with E-state index in [0.29, 0.717) is 5.56 Å². The zero-order valence-corrected chi connectivity index (χ0v) is 8.89. The molecule has 0 fully saturated rings. The smallest absolute Gasteiger partial charge is 0.172 e. The first kappa shape index (κ1) is 12.4. The minimum Gasteiger partial charge on any atom is -0.492 e. The third kappa shape index (κ3) is 2.46. The largest absolute Gasteiger partial charge is 0.492 e. The first-order chi connectivity index (χ1) is 6.70. The van der Waals surface area contributed by atoms with Gasteiger partial charge in [0.15, 0.2) is 11.6 Å². The number of nitriles is 1. The first-order valence-corrected chi connectivity index (χ1v) is 4.44. The van der Waals surface area contributed by atoms with E-state index < -0.39 is 5.82 Å². The molecular weight excluding hydrogens is 181 g/mol. The van der Waals surface area contributed by atoms with Gasteiger partial charge >= 0.3 is 0 Å². The van der Waals surface area contributed by atoms with Crippen LogP contribution in [0.2, 0.25) is 0 Å². The van der Waals surface area contributed by atoms with E-state index in [-0.39, 0.29) is 11.3 Å². The van der Waals surface area contributed by atoms with Gasteiger partial charge < -0.3 is 4.74 Å². The lowest BCUT2D eigenvalue weighted by molar-refractivity contribution is 0.384. The molecule has 0 atom stereocenters. The number of nitrogens with zero attached hydrogens (tertiary/aromatic N) is 1. The molecule has 0 aliphatic carbocycles. The molecule has 2 nitrogen and oxygen atoms in total. The summed E-state index contributed by atoms with van der Waals surface area (Å²) in [6.45, 7) is 5.62. The average Bonchev–Trinajstić information content (AvgIpc) is 2.24. The second kappa shape index (κ2) is 5.98. The van der Waals surface area contributed by atoms with Crippen LogP contribution >= 0.6 is 0 Å². The second-order valence-electron chi connectivity index (χ2n) is 2.39. The number of methoxy groups -OCH3 is 1. The van der Waals surface area contributed by atoms with Gasteiger partial charge in [0.1, 0.15) is 6.07 Å². The molecule has 1 rings (SSSR count). The molecule has 0 spiro atoms. The Morgan fingerprint density at radius 1 is 1.36 bits per heavy atom. The van der Waals surface area contributed by atoms with Crippen LogP contribution in [0.4, 0.5) is 4.39 Å². The summed E-state index contributed by atoms with van der Waals surface area (Å²) in [7, 11) is 1.35. The molecular formula is C11H14FNO. The van der Waals surface area contributed by atoms with Gasteiger partial charge in [-0.1, -0.05) is 19.9 Å². The molecule has 76 valence electrons. The lowest BCUT2D eigenvalue weighted by atomic mass is 10.1. The van der Waals surface area contributed by atoms with Crippen molar-refractivity contribution < 1.29 is 9.13 Å². The molecule has 14 heavy (non-hydrogen) atoms. The number of hydrogen-bond donors (Lipinski definition) is 0. The van der Waals surface area contributed by atoms with E-state index >= 15 is 0 Å². The van der Waals surface area contributed by atoms with E-state index in [2.05, 4.69) is 0 Å². The number of benzene rings is 1. The van der Waals surface area contributed by atoms with Crippen LogP contribution in [0.3, 0.4) is 0 Å². The Morgan fingerprint density at radius 2 is 1.93 bits per heavy atom. The van der Waals surface area contributed by atoms with Crippen molar-refractivity contribution in [2.24, 2.45) is 0 Å². The normalized spacial score (nSPS) is 8.29. The molecule has 3 heteroatoms. The van der Waals surface area contributed by atoms with Gasteiger partial charge in [-0.05, 0) is 18.6 Å². The standard InChI is InChI=1S/C9H8FNO.C2H6/c1-6-3-4-7(5-11)9(12-2)8(6)10;1-2/h3-4H,1-2H3;1-2H3. The monoisotopic (exact) mass is 195 g/mol. The summed E-state index contributed by atoms with van der Waals surface area (Å²) in [6.07, 6.45) is 0. The van der Waals surface area contributed by atoms with E-state index in [1.165, 1.54) is 13.2 Å². The molecule has 0 saturated heterocycles. The molecule has 0 aliphatic rings. The highest BCUT2D eigenvalue weighted by atomic mass is 19.1. The Bertz CT molecular complexity index is 342. The number of rotatable bonds is 1. The highest BCUT2D eigenvalue weighted by molar-refractivity contribution is 5.46. The van der Waals surface area contributed by atoms with Crippen molar-refractivity contribution in [1.82, 2.24) is 0 Å². The number of halogens is 1. The fourth-order valence-corrected chi connectivity index (χ4v) is 0.942. The highest BCUT2D eigenvalue weighted by Gasteiger charge is 2.10. The van der Waals surface area contributed by atoms with Gasteiger partial charge in [-0.15, -0.1) is 0 Å². The van der Waals surface area contributed by atoms with Crippen LogP contribution < -0.4 is 4.74 Å². The van der Waals surface area contributed by atoms with Crippen molar-refractivity contribution >= 4 is 0 Å². The molecule has 0 heterocycles. The summed E-state index contributed by atoms with van der Waals surface area (Å²) in [5.41, 5.74) is 0.700. The van der Waals surface area contributed by atoms with E-state index in [1.807, 2.05) is 19.9 Å². The van der Waals surface area contributed by atoms with Gasteiger partial charge in [0, 0.05) is 0 Å². The van der Waals surface area contributed by atoms with Crippen LogP contribution in [0, 0.1) is 24.1 Å². The molecule has 0 saturated carbocycles. The van der Waals surface area contributed by atoms with E-state index in [9.17, 15) is 4.39 Å².